The summed E-state index contributed by atoms with van der Waals surface area (Å²) in [6.45, 7) is 0. The zero-order valence-electron chi connectivity index (χ0n) is 10.9. The van der Waals surface area contributed by atoms with Crippen LogP contribution in [0.25, 0.3) is 0 Å². The molecule has 1 aromatic carbocycles. The lowest BCUT2D eigenvalue weighted by Gasteiger charge is -2.25. The summed E-state index contributed by atoms with van der Waals surface area (Å²) in [4.78, 5) is 24.3. The van der Waals surface area contributed by atoms with E-state index in [2.05, 4.69) is 21.2 Å². The summed E-state index contributed by atoms with van der Waals surface area (Å²) in [6, 6.07) is 7.67. The van der Waals surface area contributed by atoms with E-state index in [9.17, 15) is 14.7 Å². The molecule has 6 heteroatoms. The van der Waals surface area contributed by atoms with Gasteiger partial charge >= 0.3 is 5.97 Å². The van der Waals surface area contributed by atoms with E-state index in [0.717, 1.165) is 22.2 Å². The fourth-order valence-corrected chi connectivity index (χ4v) is 3.32. The normalized spacial score (nSPS) is 16.9. The number of carbonyl (C=O) groups is 2. The smallest absolute Gasteiger partial charge is 0.329 e. The van der Waals surface area contributed by atoms with E-state index in [1.54, 1.807) is 0 Å². The lowest BCUT2D eigenvalue weighted by atomic mass is 9.98. The van der Waals surface area contributed by atoms with Crippen molar-refractivity contribution in [1.29, 1.82) is 0 Å². The molecule has 0 aromatic heterocycles. The number of rotatable bonds is 5. The zero-order chi connectivity index (χ0) is 14.6. The quantitative estimate of drug-likeness (QED) is 0.794. The molecule has 4 nitrogen and oxygen atoms in total. The number of hydrogen-bond donors (Lipinski definition) is 2. The fraction of sp³-hybridized carbons (Fsp3) is 0.429. The van der Waals surface area contributed by atoms with Crippen LogP contribution < -0.4 is 5.32 Å². The molecule has 1 amide bonds. The van der Waals surface area contributed by atoms with Gasteiger partial charge in [-0.25, -0.2) is 4.79 Å². The number of thioether (sulfide) groups is 1. The van der Waals surface area contributed by atoms with E-state index < -0.39 is 11.5 Å². The van der Waals surface area contributed by atoms with E-state index >= 15 is 0 Å². The highest BCUT2D eigenvalue weighted by Gasteiger charge is 2.42. The number of carbonyl (C=O) groups excluding carboxylic acids is 1. The molecule has 0 heterocycles. The molecule has 1 aliphatic rings. The number of benzene rings is 1. The lowest BCUT2D eigenvalue weighted by molar-refractivity contribution is -0.147. The van der Waals surface area contributed by atoms with Gasteiger partial charge in [-0.1, -0.05) is 28.8 Å². The molecule has 0 aliphatic heterocycles. The van der Waals surface area contributed by atoms with Crippen LogP contribution in [0.4, 0.5) is 0 Å². The van der Waals surface area contributed by atoms with Gasteiger partial charge in [0.25, 0.3) is 0 Å². The van der Waals surface area contributed by atoms with Crippen LogP contribution in [0.3, 0.4) is 0 Å². The predicted molar refractivity (Wildman–Crippen MR) is 81.8 cm³/mol. The van der Waals surface area contributed by atoms with Crippen molar-refractivity contribution in [1.82, 2.24) is 5.32 Å². The Morgan fingerprint density at radius 1 is 1.25 bits per heavy atom. The largest absolute Gasteiger partial charge is 0.480 e. The monoisotopic (exact) mass is 357 g/mol. The second kappa shape index (κ2) is 6.63. The van der Waals surface area contributed by atoms with Gasteiger partial charge in [-0.15, -0.1) is 11.8 Å². The van der Waals surface area contributed by atoms with Crippen molar-refractivity contribution in [3.8, 4) is 0 Å². The number of hydrogen-bond acceptors (Lipinski definition) is 3. The van der Waals surface area contributed by atoms with Gasteiger partial charge in [-0.05, 0) is 37.1 Å². The number of amides is 1. The van der Waals surface area contributed by atoms with Gasteiger partial charge in [0, 0.05) is 9.37 Å². The molecule has 1 fully saturated rings. The van der Waals surface area contributed by atoms with Crippen LogP contribution in [0, 0.1) is 0 Å². The molecule has 1 aromatic rings. The molecular weight excluding hydrogens is 342 g/mol. The maximum Gasteiger partial charge on any atom is 0.329 e. The second-order valence-electron chi connectivity index (χ2n) is 4.89. The Bertz CT molecular complexity index is 498. The standard InChI is InChI=1S/C14H16BrNO3S/c15-10-3-5-11(6-4-10)20-9-12(17)16-14(13(18)19)7-1-2-8-14/h3-6H,1-2,7-9H2,(H,16,17)(H,18,19). The van der Waals surface area contributed by atoms with Crippen molar-refractivity contribution in [2.45, 2.75) is 36.1 Å². The van der Waals surface area contributed by atoms with Gasteiger partial charge in [0.1, 0.15) is 5.54 Å². The zero-order valence-corrected chi connectivity index (χ0v) is 13.3. The third-order valence-corrected chi connectivity index (χ3v) is 4.97. The first-order valence-electron chi connectivity index (χ1n) is 6.45. The van der Waals surface area contributed by atoms with E-state index in [4.69, 9.17) is 0 Å². The maximum absolute atomic E-state index is 11.9. The highest BCUT2D eigenvalue weighted by Crippen LogP contribution is 2.30. The second-order valence-corrected chi connectivity index (χ2v) is 6.85. The minimum Gasteiger partial charge on any atom is -0.480 e. The molecule has 0 radical (unpaired) electrons. The lowest BCUT2D eigenvalue weighted by Crippen LogP contribution is -2.53. The van der Waals surface area contributed by atoms with Gasteiger partial charge in [0.2, 0.25) is 5.91 Å². The first kappa shape index (κ1) is 15.4. The van der Waals surface area contributed by atoms with Crippen LogP contribution in [0.2, 0.25) is 0 Å². The van der Waals surface area contributed by atoms with Crippen LogP contribution in [-0.4, -0.2) is 28.3 Å². The van der Waals surface area contributed by atoms with Gasteiger partial charge in [0.05, 0.1) is 5.75 Å². The first-order valence-corrected chi connectivity index (χ1v) is 8.22. The number of carboxylic acid groups (broad SMARTS) is 1. The summed E-state index contributed by atoms with van der Waals surface area (Å²) in [5.41, 5.74) is -1.04. The van der Waals surface area contributed by atoms with Crippen molar-refractivity contribution < 1.29 is 14.7 Å². The molecule has 1 aliphatic carbocycles. The molecule has 1 saturated carbocycles. The van der Waals surface area contributed by atoms with Gasteiger partial charge in [-0.2, -0.15) is 0 Å². The van der Waals surface area contributed by atoms with Gasteiger partial charge < -0.3 is 10.4 Å². The Morgan fingerprint density at radius 2 is 1.85 bits per heavy atom. The van der Waals surface area contributed by atoms with Crippen LogP contribution in [0.1, 0.15) is 25.7 Å². The third kappa shape index (κ3) is 3.76. The maximum atomic E-state index is 11.9. The van der Waals surface area contributed by atoms with E-state index in [0.29, 0.717) is 12.8 Å². The van der Waals surface area contributed by atoms with Crippen molar-refractivity contribution in [3.05, 3.63) is 28.7 Å². The highest BCUT2D eigenvalue weighted by atomic mass is 79.9. The number of aliphatic carboxylic acids is 1. The molecule has 20 heavy (non-hydrogen) atoms. The Labute approximate surface area is 130 Å². The molecule has 0 atom stereocenters. The van der Waals surface area contributed by atoms with Crippen molar-refractivity contribution in [2.24, 2.45) is 0 Å². The molecule has 2 rings (SSSR count). The Kier molecular flexibility index (Phi) is 5.10. The average Bonchev–Trinajstić information content (AvgIpc) is 2.88. The number of carboxylic acids is 1. The summed E-state index contributed by atoms with van der Waals surface area (Å²) in [5.74, 6) is -0.907. The van der Waals surface area contributed by atoms with Crippen LogP contribution in [0.5, 0.6) is 0 Å². The van der Waals surface area contributed by atoms with Gasteiger partial charge in [-0.3, -0.25) is 4.79 Å². The highest BCUT2D eigenvalue weighted by molar-refractivity contribution is 9.10. The van der Waals surface area contributed by atoms with E-state index in [1.165, 1.54) is 11.8 Å². The summed E-state index contributed by atoms with van der Waals surface area (Å²) in [6.07, 6.45) is 2.76. The first-order chi connectivity index (χ1) is 9.52. The third-order valence-electron chi connectivity index (χ3n) is 3.43. The minimum atomic E-state index is -1.04. The number of halogens is 1. The summed E-state index contributed by atoms with van der Waals surface area (Å²) < 4.78 is 0.988. The predicted octanol–water partition coefficient (Wildman–Crippen LogP) is 3.05. The minimum absolute atomic E-state index is 0.220. The number of nitrogens with one attached hydrogen (secondary N) is 1. The Hall–Kier alpha value is -1.01. The van der Waals surface area contributed by atoms with E-state index in [1.807, 2.05) is 24.3 Å². The molecule has 0 bridgehead atoms. The van der Waals surface area contributed by atoms with Crippen LogP contribution in [0.15, 0.2) is 33.6 Å². The van der Waals surface area contributed by atoms with Gasteiger partial charge in [0.15, 0.2) is 0 Å². The molecule has 0 saturated heterocycles. The van der Waals surface area contributed by atoms with Crippen molar-refractivity contribution >= 4 is 39.6 Å². The SMILES string of the molecule is O=C(CSc1ccc(Br)cc1)NC1(C(=O)O)CCCC1. The molecule has 2 N–H and O–H groups in total. The van der Waals surface area contributed by atoms with Crippen LogP contribution >= 0.6 is 27.7 Å². The van der Waals surface area contributed by atoms with E-state index in [-0.39, 0.29) is 11.7 Å². The molecular formula is C14H16BrNO3S. The Morgan fingerprint density at radius 3 is 2.40 bits per heavy atom. The molecule has 108 valence electrons. The van der Waals surface area contributed by atoms with Crippen LogP contribution in [-0.2, 0) is 9.59 Å². The fourth-order valence-electron chi connectivity index (χ4n) is 2.35. The summed E-state index contributed by atoms with van der Waals surface area (Å²) >= 11 is 4.76. The van der Waals surface area contributed by atoms with Crippen molar-refractivity contribution in [3.63, 3.8) is 0 Å². The topological polar surface area (TPSA) is 66.4 Å². The Balaban J connectivity index is 1.89. The molecule has 0 spiro atoms. The summed E-state index contributed by atoms with van der Waals surface area (Å²) in [5, 5.41) is 12.0. The molecule has 0 unspecified atom stereocenters. The summed E-state index contributed by atoms with van der Waals surface area (Å²) in [7, 11) is 0. The average molecular weight is 358 g/mol. The van der Waals surface area contributed by atoms with Crippen molar-refractivity contribution in [2.75, 3.05) is 5.75 Å².